The van der Waals surface area contributed by atoms with E-state index < -0.39 is 23.6 Å². The molecule has 1 N–H and O–H groups in total. The molecule has 3 rings (SSSR count). The Labute approximate surface area is 137 Å². The number of nitrogens with one attached hydrogen (secondary N) is 1. The largest absolute Gasteiger partial charge is 0.391 e. The molecule has 2 saturated carbocycles. The zero-order valence-electron chi connectivity index (χ0n) is 13.1. The predicted molar refractivity (Wildman–Crippen MR) is 82.0 cm³/mol. The summed E-state index contributed by atoms with van der Waals surface area (Å²) >= 11 is 1.52. The normalized spacial score (nSPS) is 27.3. The van der Waals surface area contributed by atoms with Crippen LogP contribution in [0.15, 0.2) is 5.38 Å². The maximum Gasteiger partial charge on any atom is 0.391 e. The van der Waals surface area contributed by atoms with Crippen LogP contribution in [0, 0.1) is 18.8 Å². The number of aryl methyl sites for hydroxylation is 1. The Hall–Kier alpha value is -1.11. The first-order valence-corrected chi connectivity index (χ1v) is 8.99. The lowest BCUT2D eigenvalue weighted by molar-refractivity contribution is -0.186. The van der Waals surface area contributed by atoms with Gasteiger partial charge in [-0.05, 0) is 45.4 Å². The summed E-state index contributed by atoms with van der Waals surface area (Å²) in [5, 5.41) is 5.88. The second-order valence-corrected chi connectivity index (χ2v) is 7.68. The summed E-state index contributed by atoms with van der Waals surface area (Å²) in [5.41, 5.74) is 0.474. The van der Waals surface area contributed by atoms with Gasteiger partial charge in [-0.1, -0.05) is 6.42 Å². The molecular formula is C16H21F3N2OS. The number of carbonyl (C=O) groups is 1. The van der Waals surface area contributed by atoms with E-state index in [4.69, 9.17) is 0 Å². The second-order valence-electron chi connectivity index (χ2n) is 6.82. The molecule has 0 radical (unpaired) electrons. The third-order valence-corrected chi connectivity index (χ3v) is 6.27. The lowest BCUT2D eigenvalue weighted by Gasteiger charge is -2.42. The number of hydrogen-bond acceptors (Lipinski definition) is 3. The van der Waals surface area contributed by atoms with E-state index in [9.17, 15) is 18.0 Å². The highest BCUT2D eigenvalue weighted by Crippen LogP contribution is 2.44. The van der Waals surface area contributed by atoms with Crippen molar-refractivity contribution in [1.82, 2.24) is 10.3 Å². The van der Waals surface area contributed by atoms with Gasteiger partial charge in [0.1, 0.15) is 5.01 Å². The molecule has 0 unspecified atom stereocenters. The van der Waals surface area contributed by atoms with E-state index in [2.05, 4.69) is 10.3 Å². The number of thiazole rings is 1. The molecule has 0 aromatic carbocycles. The number of rotatable bonds is 3. The summed E-state index contributed by atoms with van der Waals surface area (Å²) in [6.45, 7) is 1.91. The molecule has 1 amide bonds. The van der Waals surface area contributed by atoms with Gasteiger partial charge in [-0.3, -0.25) is 4.79 Å². The molecule has 2 atom stereocenters. The zero-order valence-corrected chi connectivity index (χ0v) is 13.9. The Morgan fingerprint density at radius 3 is 2.61 bits per heavy atom. The minimum atomic E-state index is -4.19. The monoisotopic (exact) mass is 346 g/mol. The topological polar surface area (TPSA) is 42.0 Å². The first kappa shape index (κ1) is 16.7. The van der Waals surface area contributed by atoms with Gasteiger partial charge in [-0.2, -0.15) is 13.2 Å². The first-order chi connectivity index (χ1) is 10.8. The Bertz CT molecular complexity index is 580. The van der Waals surface area contributed by atoms with Gasteiger partial charge in [-0.25, -0.2) is 4.98 Å². The molecule has 0 aliphatic heterocycles. The minimum absolute atomic E-state index is 0.0810. The van der Waals surface area contributed by atoms with Gasteiger partial charge in [0, 0.05) is 17.0 Å². The summed E-state index contributed by atoms with van der Waals surface area (Å²) in [5.74, 6) is -2.10. The smallest absolute Gasteiger partial charge is 0.344 e. The minimum Gasteiger partial charge on any atom is -0.344 e. The molecular weight excluding hydrogens is 325 g/mol. The van der Waals surface area contributed by atoms with Gasteiger partial charge in [-0.15, -0.1) is 11.3 Å². The summed E-state index contributed by atoms with van der Waals surface area (Å²) < 4.78 is 38.8. The molecule has 128 valence electrons. The fraction of sp³-hybridized carbons (Fsp3) is 0.750. The number of hydrogen-bond donors (Lipinski definition) is 1. The van der Waals surface area contributed by atoms with Crippen molar-refractivity contribution in [3.8, 4) is 0 Å². The number of nitrogens with zero attached hydrogens (tertiary/aromatic N) is 1. The molecule has 3 nitrogen and oxygen atoms in total. The molecule has 0 saturated heterocycles. The van der Waals surface area contributed by atoms with Crippen molar-refractivity contribution in [2.45, 2.75) is 63.6 Å². The van der Waals surface area contributed by atoms with Crippen LogP contribution in [0.1, 0.15) is 55.6 Å². The first-order valence-electron chi connectivity index (χ1n) is 8.11. The average Bonchev–Trinajstić information content (AvgIpc) is 2.88. The highest BCUT2D eigenvalue weighted by atomic mass is 32.1. The SMILES string of the molecule is Cc1csc(C2(NC(=O)[C@H]3CCC[C@@H](C(F)(F)F)C3)CCC2)n1. The van der Waals surface area contributed by atoms with E-state index in [0.29, 0.717) is 12.8 Å². The maximum atomic E-state index is 12.9. The summed E-state index contributed by atoms with van der Waals surface area (Å²) in [6, 6.07) is 0. The molecule has 1 aromatic heterocycles. The summed E-state index contributed by atoms with van der Waals surface area (Å²) in [6.07, 6.45) is -0.472. The molecule has 2 fully saturated rings. The van der Waals surface area contributed by atoms with Gasteiger partial charge in [0.05, 0.1) is 11.5 Å². The third kappa shape index (κ3) is 3.39. The molecule has 7 heteroatoms. The lowest BCUT2D eigenvalue weighted by atomic mass is 9.75. The standard InChI is InChI=1S/C16H21F3N2OS/c1-10-9-23-14(20-10)15(6-3-7-15)21-13(22)11-4-2-5-12(8-11)16(17,18)19/h9,11-12H,2-8H2,1H3,(H,21,22)/t11-,12+/m0/s1. The average molecular weight is 346 g/mol. The van der Waals surface area contributed by atoms with Crippen LogP contribution in [0.25, 0.3) is 0 Å². The Kier molecular flexibility index (Phi) is 4.42. The number of amides is 1. The summed E-state index contributed by atoms with van der Waals surface area (Å²) in [7, 11) is 0. The number of carbonyl (C=O) groups excluding carboxylic acids is 1. The van der Waals surface area contributed by atoms with E-state index in [0.717, 1.165) is 30.0 Å². The highest BCUT2D eigenvalue weighted by Gasteiger charge is 2.47. The van der Waals surface area contributed by atoms with Gasteiger partial charge in [0.25, 0.3) is 0 Å². The van der Waals surface area contributed by atoms with Crippen molar-refractivity contribution in [3.05, 3.63) is 16.1 Å². The second kappa shape index (κ2) is 6.07. The van der Waals surface area contributed by atoms with Gasteiger partial charge in [0.2, 0.25) is 5.91 Å². The highest BCUT2D eigenvalue weighted by molar-refractivity contribution is 7.09. The summed E-state index contributed by atoms with van der Waals surface area (Å²) in [4.78, 5) is 17.0. The maximum absolute atomic E-state index is 12.9. The van der Waals surface area contributed by atoms with Crippen LogP contribution < -0.4 is 5.32 Å². The number of aromatic nitrogens is 1. The van der Waals surface area contributed by atoms with Crippen molar-refractivity contribution in [2.24, 2.45) is 11.8 Å². The van der Waals surface area contributed by atoms with E-state index in [1.807, 2.05) is 12.3 Å². The van der Waals surface area contributed by atoms with Crippen molar-refractivity contribution >= 4 is 17.2 Å². The van der Waals surface area contributed by atoms with Crippen LogP contribution in [0.4, 0.5) is 13.2 Å². The fourth-order valence-electron chi connectivity index (χ4n) is 3.56. The molecule has 2 aliphatic carbocycles. The van der Waals surface area contributed by atoms with E-state index in [-0.39, 0.29) is 18.7 Å². The van der Waals surface area contributed by atoms with Gasteiger partial charge < -0.3 is 5.32 Å². The molecule has 0 spiro atoms. The molecule has 2 aliphatic rings. The van der Waals surface area contributed by atoms with Crippen LogP contribution in [-0.4, -0.2) is 17.1 Å². The molecule has 0 bridgehead atoms. The Balaban J connectivity index is 1.68. The van der Waals surface area contributed by atoms with Gasteiger partial charge >= 0.3 is 6.18 Å². The lowest BCUT2D eigenvalue weighted by Crippen LogP contribution is -2.53. The Morgan fingerprint density at radius 1 is 1.35 bits per heavy atom. The van der Waals surface area contributed by atoms with Crippen LogP contribution in [0.5, 0.6) is 0 Å². The van der Waals surface area contributed by atoms with E-state index in [1.165, 1.54) is 11.3 Å². The Morgan fingerprint density at radius 2 is 2.09 bits per heavy atom. The number of halogens is 3. The van der Waals surface area contributed by atoms with Crippen molar-refractivity contribution in [2.75, 3.05) is 0 Å². The third-order valence-electron chi connectivity index (χ3n) is 5.11. The van der Waals surface area contributed by atoms with Crippen LogP contribution >= 0.6 is 11.3 Å². The zero-order chi connectivity index (χ0) is 16.7. The molecule has 1 heterocycles. The van der Waals surface area contributed by atoms with Crippen molar-refractivity contribution in [3.63, 3.8) is 0 Å². The van der Waals surface area contributed by atoms with Gasteiger partial charge in [0.15, 0.2) is 0 Å². The van der Waals surface area contributed by atoms with Crippen LogP contribution in [-0.2, 0) is 10.3 Å². The van der Waals surface area contributed by atoms with Crippen molar-refractivity contribution < 1.29 is 18.0 Å². The number of alkyl halides is 3. The molecule has 23 heavy (non-hydrogen) atoms. The fourth-order valence-corrected chi connectivity index (χ4v) is 4.57. The van der Waals surface area contributed by atoms with E-state index in [1.54, 1.807) is 0 Å². The quantitative estimate of drug-likeness (QED) is 0.886. The van der Waals surface area contributed by atoms with E-state index >= 15 is 0 Å². The predicted octanol–water partition coefficient (Wildman–Crippen LogP) is 4.32. The molecule has 1 aromatic rings. The van der Waals surface area contributed by atoms with Crippen LogP contribution in [0.2, 0.25) is 0 Å². The van der Waals surface area contributed by atoms with Crippen LogP contribution in [0.3, 0.4) is 0 Å². The van der Waals surface area contributed by atoms with Crippen molar-refractivity contribution in [1.29, 1.82) is 0 Å².